The van der Waals surface area contributed by atoms with Gasteiger partial charge in [0.2, 0.25) is 5.91 Å². The molecule has 0 unspecified atom stereocenters. The van der Waals surface area contributed by atoms with Gasteiger partial charge in [-0.05, 0) is 42.0 Å². The van der Waals surface area contributed by atoms with E-state index in [4.69, 9.17) is 27.9 Å². The smallest absolute Gasteiger partial charge is 0.228 e. The van der Waals surface area contributed by atoms with Gasteiger partial charge < -0.3 is 14.6 Å². The Morgan fingerprint density at radius 1 is 1.19 bits per heavy atom. The normalized spacial score (nSPS) is 10.6. The van der Waals surface area contributed by atoms with Crippen LogP contribution in [0.2, 0.25) is 10.0 Å². The summed E-state index contributed by atoms with van der Waals surface area (Å²) >= 11 is 12.0. The molecule has 2 aromatic carbocycles. The first kappa shape index (κ1) is 18.3. The second kappa shape index (κ2) is 8.25. The summed E-state index contributed by atoms with van der Waals surface area (Å²) in [4.78, 5) is 16.4. The second-order valence-corrected chi connectivity index (χ2v) is 6.57. The number of nitrogens with one attached hydrogen (secondary N) is 1. The highest BCUT2D eigenvalue weighted by molar-refractivity contribution is 6.35. The number of carbonyl (C=O) groups is 1. The third kappa shape index (κ3) is 4.77. The lowest BCUT2D eigenvalue weighted by molar-refractivity contribution is -0.115. The van der Waals surface area contributed by atoms with Gasteiger partial charge in [-0.1, -0.05) is 29.3 Å². The fourth-order valence-corrected chi connectivity index (χ4v) is 2.84. The summed E-state index contributed by atoms with van der Waals surface area (Å²) in [6, 6.07) is 12.3. The molecule has 0 radical (unpaired) electrons. The van der Waals surface area contributed by atoms with Crippen molar-refractivity contribution in [2.75, 3.05) is 5.32 Å². The minimum atomic E-state index is -0.157. The summed E-state index contributed by atoms with van der Waals surface area (Å²) in [5, 5.41) is 3.86. The summed E-state index contributed by atoms with van der Waals surface area (Å²) in [6.07, 6.45) is 3.77. The predicted octanol–water partition coefficient (Wildman–Crippen LogP) is 4.49. The van der Waals surface area contributed by atoms with Gasteiger partial charge in [-0.3, -0.25) is 4.79 Å². The molecule has 0 fully saturated rings. The van der Waals surface area contributed by atoms with Crippen molar-refractivity contribution in [3.8, 4) is 5.75 Å². The minimum Gasteiger partial charge on any atom is -0.486 e. The summed E-state index contributed by atoms with van der Waals surface area (Å²) in [5.74, 6) is 1.38. The highest BCUT2D eigenvalue weighted by atomic mass is 35.5. The lowest BCUT2D eigenvalue weighted by Crippen LogP contribution is -2.14. The number of imidazole rings is 1. The highest BCUT2D eigenvalue weighted by Gasteiger charge is 2.08. The van der Waals surface area contributed by atoms with E-state index in [1.54, 1.807) is 48.7 Å². The number of rotatable bonds is 6. The molecule has 134 valence electrons. The fraction of sp³-hybridized carbons (Fsp3) is 0.158. The number of nitrogens with zero attached hydrogens (tertiary/aromatic N) is 2. The first-order valence-corrected chi connectivity index (χ1v) is 8.70. The number of aryl methyl sites for hydroxylation is 1. The number of hydrogen-bond donors (Lipinski definition) is 1. The average molecular weight is 390 g/mol. The summed E-state index contributed by atoms with van der Waals surface area (Å²) in [5.41, 5.74) is 1.41. The minimum absolute atomic E-state index is 0.157. The molecule has 0 atom stereocenters. The molecule has 1 amide bonds. The maximum absolute atomic E-state index is 12.2. The molecule has 0 aliphatic carbocycles. The molecular formula is C19H17Cl2N3O2. The van der Waals surface area contributed by atoms with Crippen molar-refractivity contribution in [1.29, 1.82) is 0 Å². The summed E-state index contributed by atoms with van der Waals surface area (Å²) in [6.45, 7) is 0.379. The molecule has 7 heteroatoms. The van der Waals surface area contributed by atoms with Crippen molar-refractivity contribution in [3.05, 3.63) is 76.3 Å². The van der Waals surface area contributed by atoms with Gasteiger partial charge in [0.15, 0.2) is 0 Å². The van der Waals surface area contributed by atoms with E-state index in [0.717, 1.165) is 11.4 Å². The Bertz CT molecular complexity index is 907. The van der Waals surface area contributed by atoms with E-state index in [-0.39, 0.29) is 12.3 Å². The maximum atomic E-state index is 12.2. The quantitative estimate of drug-likeness (QED) is 0.675. The monoisotopic (exact) mass is 389 g/mol. The maximum Gasteiger partial charge on any atom is 0.228 e. The number of ether oxygens (including phenoxy) is 1. The lowest BCUT2D eigenvalue weighted by Gasteiger charge is -2.09. The standard InChI is InChI=1S/C19H17Cl2N3O2/c1-24-9-8-22-18(24)12-26-16-6-4-15(5-7-16)23-19(25)10-13-2-3-14(20)11-17(13)21/h2-9,11H,10,12H2,1H3,(H,23,25). The van der Waals surface area contributed by atoms with E-state index in [9.17, 15) is 4.79 Å². The Morgan fingerprint density at radius 3 is 2.62 bits per heavy atom. The number of anilines is 1. The van der Waals surface area contributed by atoms with Crippen molar-refractivity contribution in [1.82, 2.24) is 9.55 Å². The van der Waals surface area contributed by atoms with Gasteiger partial charge in [-0.15, -0.1) is 0 Å². The fourth-order valence-electron chi connectivity index (χ4n) is 2.36. The lowest BCUT2D eigenvalue weighted by atomic mass is 10.1. The van der Waals surface area contributed by atoms with Crippen molar-refractivity contribution < 1.29 is 9.53 Å². The van der Waals surface area contributed by atoms with Crippen molar-refractivity contribution in [3.63, 3.8) is 0 Å². The number of carbonyl (C=O) groups excluding carboxylic acids is 1. The Kier molecular flexibility index (Phi) is 5.81. The Hall–Kier alpha value is -2.50. The third-order valence-corrected chi connectivity index (χ3v) is 4.38. The van der Waals surface area contributed by atoms with Crippen molar-refractivity contribution in [2.45, 2.75) is 13.0 Å². The molecule has 26 heavy (non-hydrogen) atoms. The number of hydrogen-bond acceptors (Lipinski definition) is 3. The Morgan fingerprint density at radius 2 is 1.96 bits per heavy atom. The molecule has 3 aromatic rings. The van der Waals surface area contributed by atoms with Gasteiger partial charge >= 0.3 is 0 Å². The molecule has 3 rings (SSSR count). The highest BCUT2D eigenvalue weighted by Crippen LogP contribution is 2.22. The van der Waals surface area contributed by atoms with Crippen LogP contribution >= 0.6 is 23.2 Å². The largest absolute Gasteiger partial charge is 0.486 e. The molecule has 5 nitrogen and oxygen atoms in total. The zero-order valence-corrected chi connectivity index (χ0v) is 15.6. The number of amides is 1. The third-order valence-electron chi connectivity index (χ3n) is 3.79. The van der Waals surface area contributed by atoms with Gasteiger partial charge in [0.05, 0.1) is 6.42 Å². The van der Waals surface area contributed by atoms with Crippen LogP contribution in [-0.4, -0.2) is 15.5 Å². The van der Waals surface area contributed by atoms with E-state index in [1.165, 1.54) is 0 Å². The van der Waals surface area contributed by atoms with Crippen LogP contribution in [0.15, 0.2) is 54.9 Å². The van der Waals surface area contributed by atoms with Crippen LogP contribution in [0, 0.1) is 0 Å². The van der Waals surface area contributed by atoms with Gasteiger partial charge in [0.1, 0.15) is 18.2 Å². The molecule has 1 N–H and O–H groups in total. The Labute approximate surface area is 161 Å². The predicted molar refractivity (Wildman–Crippen MR) is 103 cm³/mol. The van der Waals surface area contributed by atoms with E-state index in [1.807, 2.05) is 17.8 Å². The van der Waals surface area contributed by atoms with E-state index in [2.05, 4.69) is 10.3 Å². The van der Waals surface area contributed by atoms with E-state index < -0.39 is 0 Å². The molecule has 0 spiro atoms. The molecule has 0 saturated carbocycles. The first-order chi connectivity index (χ1) is 12.5. The molecular weight excluding hydrogens is 373 g/mol. The van der Waals surface area contributed by atoms with E-state index >= 15 is 0 Å². The van der Waals surface area contributed by atoms with Crippen LogP contribution in [-0.2, 0) is 24.9 Å². The zero-order chi connectivity index (χ0) is 18.5. The van der Waals surface area contributed by atoms with E-state index in [0.29, 0.717) is 28.1 Å². The zero-order valence-electron chi connectivity index (χ0n) is 14.1. The SMILES string of the molecule is Cn1ccnc1COc1ccc(NC(=O)Cc2ccc(Cl)cc2Cl)cc1. The number of aromatic nitrogens is 2. The molecule has 1 aromatic heterocycles. The first-order valence-electron chi connectivity index (χ1n) is 7.94. The van der Waals surface area contributed by atoms with Crippen molar-refractivity contribution >= 4 is 34.8 Å². The van der Waals surface area contributed by atoms with Crippen LogP contribution < -0.4 is 10.1 Å². The number of benzene rings is 2. The summed E-state index contributed by atoms with van der Waals surface area (Å²) < 4.78 is 7.59. The van der Waals surface area contributed by atoms with Gasteiger partial charge in [0, 0.05) is 35.2 Å². The average Bonchev–Trinajstić information content (AvgIpc) is 3.02. The van der Waals surface area contributed by atoms with Gasteiger partial charge in [-0.25, -0.2) is 4.98 Å². The molecule has 0 aliphatic rings. The Balaban J connectivity index is 1.55. The second-order valence-electron chi connectivity index (χ2n) is 5.73. The van der Waals surface area contributed by atoms with Crippen LogP contribution in [0.25, 0.3) is 0 Å². The van der Waals surface area contributed by atoms with Crippen LogP contribution in [0.5, 0.6) is 5.75 Å². The molecule has 0 bridgehead atoms. The van der Waals surface area contributed by atoms with Crippen LogP contribution in [0.4, 0.5) is 5.69 Å². The number of halogens is 2. The van der Waals surface area contributed by atoms with Gasteiger partial charge in [-0.2, -0.15) is 0 Å². The van der Waals surface area contributed by atoms with Crippen molar-refractivity contribution in [2.24, 2.45) is 7.05 Å². The molecule has 0 aliphatic heterocycles. The topological polar surface area (TPSA) is 56.1 Å². The van der Waals surface area contributed by atoms with Gasteiger partial charge in [0.25, 0.3) is 0 Å². The molecule has 0 saturated heterocycles. The van der Waals surface area contributed by atoms with Crippen LogP contribution in [0.1, 0.15) is 11.4 Å². The summed E-state index contributed by atoms with van der Waals surface area (Å²) in [7, 11) is 1.91. The van der Waals surface area contributed by atoms with Crippen LogP contribution in [0.3, 0.4) is 0 Å². The molecule has 1 heterocycles.